The number of nitrogens with zero attached hydrogens (tertiary/aromatic N) is 2. The molecule has 22 heavy (non-hydrogen) atoms. The number of aryl methyl sites for hydroxylation is 1. The summed E-state index contributed by atoms with van der Waals surface area (Å²) in [6.45, 7) is 3.94. The van der Waals surface area contributed by atoms with Crippen molar-refractivity contribution in [3.05, 3.63) is 28.2 Å². The Labute approximate surface area is 139 Å². The highest BCUT2D eigenvalue weighted by molar-refractivity contribution is 9.10. The zero-order valence-corrected chi connectivity index (χ0v) is 14.8. The highest BCUT2D eigenvalue weighted by Gasteiger charge is 2.34. The first-order chi connectivity index (χ1) is 10.4. The molecule has 6 heteroatoms. The van der Waals surface area contributed by atoms with Gasteiger partial charge in [0, 0.05) is 36.2 Å². The van der Waals surface area contributed by atoms with Crippen LogP contribution in [0.5, 0.6) is 0 Å². The molecule has 1 aromatic rings. The lowest BCUT2D eigenvalue weighted by Crippen LogP contribution is -2.34. The molecule has 1 heterocycles. The second kappa shape index (κ2) is 7.24. The summed E-state index contributed by atoms with van der Waals surface area (Å²) in [5.74, 6) is -0.279. The lowest BCUT2D eigenvalue weighted by molar-refractivity contribution is -0.128. The van der Waals surface area contributed by atoms with E-state index in [0.29, 0.717) is 19.5 Å². The highest BCUT2D eigenvalue weighted by atomic mass is 79.9. The minimum absolute atomic E-state index is 0.0644. The molecule has 0 radical (unpaired) electrons. The highest BCUT2D eigenvalue weighted by Crippen LogP contribution is 2.23. The van der Waals surface area contributed by atoms with Crippen LogP contribution in [-0.2, 0) is 9.59 Å². The standard InChI is InChI=1S/C16H22BrN3O2/c1-11-8-13(17)4-5-14(11)18-16(22)12-9-15(21)20(10-12)7-6-19(2)3/h4-5,8,12H,6-7,9-10H2,1-3H3,(H,18,22). The zero-order valence-electron chi connectivity index (χ0n) is 13.2. The Balaban J connectivity index is 1.95. The third kappa shape index (κ3) is 4.30. The van der Waals surface area contributed by atoms with Gasteiger partial charge in [-0.3, -0.25) is 9.59 Å². The quantitative estimate of drug-likeness (QED) is 0.866. The van der Waals surface area contributed by atoms with Crippen molar-refractivity contribution in [1.29, 1.82) is 0 Å². The minimum Gasteiger partial charge on any atom is -0.341 e. The maximum Gasteiger partial charge on any atom is 0.229 e. The van der Waals surface area contributed by atoms with Gasteiger partial charge in [0.15, 0.2) is 0 Å². The fourth-order valence-electron chi connectivity index (χ4n) is 2.49. The average molecular weight is 368 g/mol. The number of carbonyl (C=O) groups is 2. The number of nitrogens with one attached hydrogen (secondary N) is 1. The van der Waals surface area contributed by atoms with Crippen LogP contribution in [0.2, 0.25) is 0 Å². The van der Waals surface area contributed by atoms with E-state index < -0.39 is 0 Å². The number of amides is 2. The van der Waals surface area contributed by atoms with Crippen molar-refractivity contribution in [3.8, 4) is 0 Å². The fourth-order valence-corrected chi connectivity index (χ4v) is 2.96. The molecule has 5 nitrogen and oxygen atoms in total. The van der Waals surface area contributed by atoms with Crippen LogP contribution in [0.25, 0.3) is 0 Å². The Bertz CT molecular complexity index is 575. The van der Waals surface area contributed by atoms with Crippen molar-refractivity contribution in [3.63, 3.8) is 0 Å². The van der Waals surface area contributed by atoms with Crippen LogP contribution in [0.4, 0.5) is 5.69 Å². The van der Waals surface area contributed by atoms with Gasteiger partial charge in [-0.25, -0.2) is 0 Å². The third-order valence-corrected chi connectivity index (χ3v) is 4.34. The summed E-state index contributed by atoms with van der Waals surface area (Å²) in [6, 6.07) is 5.72. The molecule has 1 aliphatic rings. The lowest BCUT2D eigenvalue weighted by atomic mass is 10.1. The Morgan fingerprint density at radius 2 is 2.18 bits per heavy atom. The molecule has 2 rings (SSSR count). The SMILES string of the molecule is Cc1cc(Br)ccc1NC(=O)C1CC(=O)N(CCN(C)C)C1. The third-order valence-electron chi connectivity index (χ3n) is 3.85. The van der Waals surface area contributed by atoms with Crippen LogP contribution in [0.3, 0.4) is 0 Å². The predicted octanol–water partition coefficient (Wildman–Crippen LogP) is 2.11. The van der Waals surface area contributed by atoms with E-state index in [-0.39, 0.29) is 17.7 Å². The van der Waals surface area contributed by atoms with Crippen molar-refractivity contribution >= 4 is 33.4 Å². The van der Waals surface area contributed by atoms with E-state index >= 15 is 0 Å². The Kier molecular flexibility index (Phi) is 5.58. The average Bonchev–Trinajstić information content (AvgIpc) is 2.81. The molecule has 120 valence electrons. The second-order valence-electron chi connectivity index (χ2n) is 5.99. The number of benzene rings is 1. The Morgan fingerprint density at radius 1 is 1.45 bits per heavy atom. The summed E-state index contributed by atoms with van der Waals surface area (Å²) in [7, 11) is 3.95. The summed E-state index contributed by atoms with van der Waals surface area (Å²) in [5, 5.41) is 2.94. The second-order valence-corrected chi connectivity index (χ2v) is 6.91. The van der Waals surface area contributed by atoms with Crippen molar-refractivity contribution in [2.75, 3.05) is 39.0 Å². The van der Waals surface area contributed by atoms with E-state index in [4.69, 9.17) is 0 Å². The molecule has 2 amide bonds. The van der Waals surface area contributed by atoms with E-state index in [1.165, 1.54) is 0 Å². The molecule has 1 aliphatic heterocycles. The lowest BCUT2D eigenvalue weighted by Gasteiger charge is -2.19. The van der Waals surface area contributed by atoms with Crippen molar-refractivity contribution in [1.82, 2.24) is 9.80 Å². The van der Waals surface area contributed by atoms with Crippen LogP contribution >= 0.6 is 15.9 Å². The summed E-state index contributed by atoms with van der Waals surface area (Å²) in [6.07, 6.45) is 0.300. The summed E-state index contributed by atoms with van der Waals surface area (Å²) in [4.78, 5) is 28.2. The largest absolute Gasteiger partial charge is 0.341 e. The first-order valence-corrected chi connectivity index (χ1v) is 8.15. The van der Waals surface area contributed by atoms with Gasteiger partial charge in [0.05, 0.1) is 5.92 Å². The van der Waals surface area contributed by atoms with Gasteiger partial charge >= 0.3 is 0 Å². The molecular formula is C16H22BrN3O2. The van der Waals surface area contributed by atoms with Crippen molar-refractivity contribution in [2.45, 2.75) is 13.3 Å². The molecule has 1 unspecified atom stereocenters. The number of anilines is 1. The molecule has 1 aromatic carbocycles. The maximum absolute atomic E-state index is 12.4. The van der Waals surface area contributed by atoms with Crippen LogP contribution in [0, 0.1) is 12.8 Å². The van der Waals surface area contributed by atoms with Crippen LogP contribution in [0.1, 0.15) is 12.0 Å². The fraction of sp³-hybridized carbons (Fsp3) is 0.500. The normalized spacial score (nSPS) is 18.1. The number of likely N-dealkylation sites (tertiary alicyclic amines) is 1. The number of rotatable bonds is 5. The number of halogens is 1. The van der Waals surface area contributed by atoms with Gasteiger partial charge < -0.3 is 15.1 Å². The molecule has 1 atom stereocenters. The van der Waals surface area contributed by atoms with Gasteiger partial charge in [0.25, 0.3) is 0 Å². The number of carbonyl (C=O) groups excluding carboxylic acids is 2. The van der Waals surface area contributed by atoms with Gasteiger partial charge in [-0.15, -0.1) is 0 Å². The van der Waals surface area contributed by atoms with Gasteiger partial charge in [-0.1, -0.05) is 15.9 Å². The zero-order chi connectivity index (χ0) is 16.3. The van der Waals surface area contributed by atoms with E-state index in [0.717, 1.165) is 22.3 Å². The summed E-state index contributed by atoms with van der Waals surface area (Å²) >= 11 is 3.41. The molecule has 1 saturated heterocycles. The molecule has 0 aromatic heterocycles. The van der Waals surface area contributed by atoms with E-state index in [9.17, 15) is 9.59 Å². The number of likely N-dealkylation sites (N-methyl/N-ethyl adjacent to an activating group) is 1. The molecule has 0 bridgehead atoms. The van der Waals surface area contributed by atoms with Gasteiger partial charge in [-0.2, -0.15) is 0 Å². The monoisotopic (exact) mass is 367 g/mol. The molecule has 0 saturated carbocycles. The molecule has 0 spiro atoms. The smallest absolute Gasteiger partial charge is 0.229 e. The van der Waals surface area contributed by atoms with Gasteiger partial charge in [0.2, 0.25) is 11.8 Å². The van der Waals surface area contributed by atoms with Crippen molar-refractivity contribution < 1.29 is 9.59 Å². The van der Waals surface area contributed by atoms with Crippen LogP contribution < -0.4 is 5.32 Å². The first-order valence-electron chi connectivity index (χ1n) is 7.36. The molecule has 0 aliphatic carbocycles. The molecule has 1 N–H and O–H groups in total. The topological polar surface area (TPSA) is 52.7 Å². The van der Waals surface area contributed by atoms with Gasteiger partial charge in [0.1, 0.15) is 0 Å². The van der Waals surface area contributed by atoms with E-state index in [1.807, 2.05) is 44.1 Å². The molecule has 1 fully saturated rings. The van der Waals surface area contributed by atoms with E-state index in [1.54, 1.807) is 4.90 Å². The predicted molar refractivity (Wildman–Crippen MR) is 90.7 cm³/mol. The number of hydrogen-bond acceptors (Lipinski definition) is 3. The number of hydrogen-bond donors (Lipinski definition) is 1. The van der Waals surface area contributed by atoms with E-state index in [2.05, 4.69) is 21.2 Å². The minimum atomic E-state index is -0.266. The first kappa shape index (κ1) is 17.0. The summed E-state index contributed by atoms with van der Waals surface area (Å²) < 4.78 is 0.980. The van der Waals surface area contributed by atoms with Crippen LogP contribution in [-0.4, -0.2) is 55.3 Å². The molecular weight excluding hydrogens is 346 g/mol. The van der Waals surface area contributed by atoms with Crippen molar-refractivity contribution in [2.24, 2.45) is 5.92 Å². The Morgan fingerprint density at radius 3 is 2.82 bits per heavy atom. The van der Waals surface area contributed by atoms with Crippen LogP contribution in [0.15, 0.2) is 22.7 Å². The summed E-state index contributed by atoms with van der Waals surface area (Å²) in [5.41, 5.74) is 1.80. The maximum atomic E-state index is 12.4. The Hall–Kier alpha value is -1.40. The van der Waals surface area contributed by atoms with Gasteiger partial charge in [-0.05, 0) is 44.8 Å².